The first kappa shape index (κ1) is 23.3. The van der Waals surface area contributed by atoms with Crippen molar-refractivity contribution in [2.24, 2.45) is 12.0 Å². The monoisotopic (exact) mass is 495 g/mol. The molecule has 0 aliphatic carbocycles. The number of aliphatic imine (C=N–C) groups is 1. The molecule has 0 spiro atoms. The second-order valence-electron chi connectivity index (χ2n) is 6.42. The fourth-order valence-corrected chi connectivity index (χ4v) is 2.75. The highest BCUT2D eigenvalue weighted by Gasteiger charge is 2.16. The normalized spacial score (nSPS) is 11.8. The van der Waals surface area contributed by atoms with Crippen LogP contribution in [0.4, 0.5) is 8.78 Å². The van der Waals surface area contributed by atoms with Crippen molar-refractivity contribution in [3.05, 3.63) is 35.7 Å². The SMILES string of the molecule is CCNC(=NCc1nccn1C(F)F)N(C)Cc1cn(C)nc1C(C)C.I. The summed E-state index contributed by atoms with van der Waals surface area (Å²) in [5.74, 6) is 1.18. The van der Waals surface area contributed by atoms with Gasteiger partial charge in [-0.1, -0.05) is 13.8 Å². The van der Waals surface area contributed by atoms with E-state index in [0.717, 1.165) is 15.8 Å². The highest BCUT2D eigenvalue weighted by molar-refractivity contribution is 14.0. The lowest BCUT2D eigenvalue weighted by Gasteiger charge is -2.22. The summed E-state index contributed by atoms with van der Waals surface area (Å²) in [6.45, 7) is 4.94. The molecule has 0 saturated heterocycles. The number of guanidine groups is 1. The molecule has 152 valence electrons. The van der Waals surface area contributed by atoms with Gasteiger partial charge in [0, 0.05) is 51.3 Å². The average molecular weight is 495 g/mol. The van der Waals surface area contributed by atoms with Gasteiger partial charge >= 0.3 is 6.55 Å². The van der Waals surface area contributed by atoms with Crippen LogP contribution in [0.25, 0.3) is 0 Å². The summed E-state index contributed by atoms with van der Waals surface area (Å²) in [7, 11) is 3.82. The van der Waals surface area contributed by atoms with E-state index in [9.17, 15) is 8.78 Å². The van der Waals surface area contributed by atoms with E-state index in [1.54, 1.807) is 0 Å². The molecule has 2 heterocycles. The predicted molar refractivity (Wildman–Crippen MR) is 112 cm³/mol. The Morgan fingerprint density at radius 3 is 2.67 bits per heavy atom. The Morgan fingerprint density at radius 2 is 2.07 bits per heavy atom. The van der Waals surface area contributed by atoms with E-state index in [1.165, 1.54) is 12.4 Å². The third-order valence-corrected chi connectivity index (χ3v) is 3.92. The summed E-state index contributed by atoms with van der Waals surface area (Å²) in [5, 5.41) is 7.71. The Bertz CT molecular complexity index is 739. The van der Waals surface area contributed by atoms with Crippen molar-refractivity contribution >= 4 is 29.9 Å². The van der Waals surface area contributed by atoms with Crippen LogP contribution in [0.5, 0.6) is 0 Å². The molecule has 27 heavy (non-hydrogen) atoms. The average Bonchev–Trinajstić information content (AvgIpc) is 3.17. The van der Waals surface area contributed by atoms with Gasteiger partial charge in [0.1, 0.15) is 12.4 Å². The molecule has 1 N–H and O–H groups in total. The van der Waals surface area contributed by atoms with Crippen molar-refractivity contribution in [3.8, 4) is 0 Å². The zero-order chi connectivity index (χ0) is 19.3. The van der Waals surface area contributed by atoms with Gasteiger partial charge < -0.3 is 10.2 Å². The van der Waals surface area contributed by atoms with Crippen molar-refractivity contribution < 1.29 is 8.78 Å². The summed E-state index contributed by atoms with van der Waals surface area (Å²) in [6.07, 6.45) is 4.62. The molecule has 0 radical (unpaired) electrons. The molecule has 2 rings (SSSR count). The molecule has 7 nitrogen and oxygen atoms in total. The van der Waals surface area contributed by atoms with E-state index < -0.39 is 6.55 Å². The number of hydrogen-bond acceptors (Lipinski definition) is 3. The molecular formula is C17H28F2IN7. The number of halogens is 3. The minimum absolute atomic E-state index is 0. The number of rotatable bonds is 7. The number of nitrogens with zero attached hydrogens (tertiary/aromatic N) is 6. The fraction of sp³-hybridized carbons (Fsp3) is 0.588. The first-order chi connectivity index (χ1) is 12.3. The minimum Gasteiger partial charge on any atom is -0.357 e. The van der Waals surface area contributed by atoms with Crippen LogP contribution in [0.3, 0.4) is 0 Å². The minimum atomic E-state index is -2.62. The second-order valence-corrected chi connectivity index (χ2v) is 6.42. The van der Waals surface area contributed by atoms with Crippen LogP contribution in [0.1, 0.15) is 50.3 Å². The van der Waals surface area contributed by atoms with Crippen LogP contribution < -0.4 is 5.32 Å². The second kappa shape index (κ2) is 10.6. The van der Waals surface area contributed by atoms with Gasteiger partial charge in [0.05, 0.1) is 5.69 Å². The Balaban J connectivity index is 0.00000364. The highest BCUT2D eigenvalue weighted by atomic mass is 127. The Kier molecular flexibility index (Phi) is 9.13. The van der Waals surface area contributed by atoms with Gasteiger partial charge in [0.25, 0.3) is 0 Å². The Hall–Kier alpha value is -1.72. The third-order valence-electron chi connectivity index (χ3n) is 3.92. The number of aryl methyl sites for hydroxylation is 1. The Labute approximate surface area is 175 Å². The summed E-state index contributed by atoms with van der Waals surface area (Å²) in [4.78, 5) is 10.4. The fourth-order valence-electron chi connectivity index (χ4n) is 2.75. The van der Waals surface area contributed by atoms with Crippen LogP contribution in [-0.4, -0.2) is 43.8 Å². The van der Waals surface area contributed by atoms with Crippen LogP contribution in [0.2, 0.25) is 0 Å². The number of alkyl halides is 2. The van der Waals surface area contributed by atoms with Crippen LogP contribution >= 0.6 is 24.0 Å². The first-order valence-electron chi connectivity index (χ1n) is 8.65. The maximum Gasteiger partial charge on any atom is 0.319 e. The standard InChI is InChI=1S/C17H27F2N7.HI/c1-6-20-17(22-9-14-21-7-8-26(14)16(18)19)24(4)10-13-11-25(5)23-15(13)12(2)3;/h7-8,11-12,16H,6,9-10H2,1-5H3,(H,20,22);1H. The maximum absolute atomic E-state index is 12.9. The van der Waals surface area contributed by atoms with Crippen molar-refractivity contribution in [1.82, 2.24) is 29.5 Å². The van der Waals surface area contributed by atoms with Gasteiger partial charge in [0.2, 0.25) is 0 Å². The van der Waals surface area contributed by atoms with Crippen molar-refractivity contribution in [1.29, 1.82) is 0 Å². The predicted octanol–water partition coefficient (Wildman–Crippen LogP) is 3.35. The summed E-state index contributed by atoms with van der Waals surface area (Å²) in [6, 6.07) is 0. The van der Waals surface area contributed by atoms with E-state index >= 15 is 0 Å². The van der Waals surface area contributed by atoms with Gasteiger partial charge in [-0.25, -0.2) is 9.98 Å². The molecule has 0 aromatic carbocycles. The van der Waals surface area contributed by atoms with E-state index in [2.05, 4.69) is 34.2 Å². The zero-order valence-corrected chi connectivity index (χ0v) is 18.7. The van der Waals surface area contributed by atoms with E-state index in [-0.39, 0.29) is 36.3 Å². The molecule has 0 atom stereocenters. The molecule has 0 unspecified atom stereocenters. The molecule has 0 amide bonds. The van der Waals surface area contributed by atoms with E-state index in [4.69, 9.17) is 0 Å². The van der Waals surface area contributed by atoms with Gasteiger partial charge in [-0.3, -0.25) is 9.25 Å². The molecule has 0 fully saturated rings. The van der Waals surface area contributed by atoms with E-state index in [1.807, 2.05) is 36.8 Å². The lowest BCUT2D eigenvalue weighted by Crippen LogP contribution is -2.38. The summed E-state index contributed by atoms with van der Waals surface area (Å²) in [5.41, 5.74) is 2.16. The van der Waals surface area contributed by atoms with Crippen LogP contribution in [-0.2, 0) is 20.1 Å². The summed E-state index contributed by atoms with van der Waals surface area (Å²) >= 11 is 0. The maximum atomic E-state index is 12.9. The third kappa shape index (κ3) is 6.15. The summed E-state index contributed by atoms with van der Waals surface area (Å²) < 4.78 is 28.5. The molecule has 10 heteroatoms. The molecule has 2 aromatic rings. The molecule has 2 aromatic heterocycles. The van der Waals surface area contributed by atoms with Crippen LogP contribution in [0.15, 0.2) is 23.6 Å². The van der Waals surface area contributed by atoms with Gasteiger partial charge in [-0.15, -0.1) is 24.0 Å². The number of nitrogens with one attached hydrogen (secondary N) is 1. The molecular weight excluding hydrogens is 467 g/mol. The number of hydrogen-bond donors (Lipinski definition) is 1. The Morgan fingerprint density at radius 1 is 1.37 bits per heavy atom. The smallest absolute Gasteiger partial charge is 0.319 e. The number of aromatic nitrogens is 4. The molecule has 0 aliphatic rings. The molecule has 0 aliphatic heterocycles. The quantitative estimate of drug-likeness (QED) is 0.364. The first-order valence-corrected chi connectivity index (χ1v) is 8.65. The lowest BCUT2D eigenvalue weighted by atomic mass is 10.1. The largest absolute Gasteiger partial charge is 0.357 e. The zero-order valence-electron chi connectivity index (χ0n) is 16.4. The van der Waals surface area contributed by atoms with Gasteiger partial charge in [0.15, 0.2) is 5.96 Å². The van der Waals surface area contributed by atoms with E-state index in [0.29, 0.717) is 25.0 Å². The number of imidazole rings is 1. The van der Waals surface area contributed by atoms with Gasteiger partial charge in [-0.2, -0.15) is 13.9 Å². The van der Waals surface area contributed by atoms with Crippen molar-refractivity contribution in [2.75, 3.05) is 13.6 Å². The molecule has 0 saturated carbocycles. The molecule has 0 bridgehead atoms. The lowest BCUT2D eigenvalue weighted by molar-refractivity contribution is 0.0671. The van der Waals surface area contributed by atoms with Crippen LogP contribution in [0, 0.1) is 0 Å². The topological polar surface area (TPSA) is 63.3 Å². The van der Waals surface area contributed by atoms with Crippen molar-refractivity contribution in [2.45, 2.75) is 46.3 Å². The van der Waals surface area contributed by atoms with Gasteiger partial charge in [-0.05, 0) is 12.8 Å². The highest BCUT2D eigenvalue weighted by Crippen LogP contribution is 2.19. The van der Waals surface area contributed by atoms with Crippen molar-refractivity contribution in [3.63, 3.8) is 0 Å².